The van der Waals surface area contributed by atoms with Gasteiger partial charge >= 0.3 is 6.18 Å². The SMILES string of the molecule is O=[N+]([O-])c1ccc(Cl)c(S(=O)(=O)NCCCSc2cc(C(F)(F)F)cc(Cl)n2)c1. The van der Waals surface area contributed by atoms with Crippen molar-refractivity contribution in [1.82, 2.24) is 9.71 Å². The molecule has 0 spiro atoms. The van der Waals surface area contributed by atoms with Gasteiger partial charge in [-0.1, -0.05) is 23.2 Å². The van der Waals surface area contributed by atoms with Crippen molar-refractivity contribution in [3.8, 4) is 0 Å². The molecule has 0 unspecified atom stereocenters. The normalized spacial score (nSPS) is 12.2. The van der Waals surface area contributed by atoms with Gasteiger partial charge in [0, 0.05) is 24.4 Å². The van der Waals surface area contributed by atoms with Gasteiger partial charge in [0.2, 0.25) is 10.0 Å². The zero-order valence-electron chi connectivity index (χ0n) is 14.2. The summed E-state index contributed by atoms with van der Waals surface area (Å²) in [6, 6.07) is 4.58. The molecule has 2 aromatic rings. The number of rotatable bonds is 8. The zero-order chi connectivity index (χ0) is 21.8. The van der Waals surface area contributed by atoms with Gasteiger partial charge < -0.3 is 0 Å². The Morgan fingerprint density at radius 1 is 1.21 bits per heavy atom. The average molecular weight is 490 g/mol. The van der Waals surface area contributed by atoms with Crippen LogP contribution in [0.15, 0.2) is 40.3 Å². The lowest BCUT2D eigenvalue weighted by atomic mass is 10.3. The number of benzene rings is 1. The average Bonchev–Trinajstić information content (AvgIpc) is 2.60. The predicted molar refractivity (Wildman–Crippen MR) is 103 cm³/mol. The predicted octanol–water partition coefficient (Wildman–Crippen LogP) is 4.78. The van der Waals surface area contributed by atoms with Gasteiger partial charge in [-0.15, -0.1) is 11.8 Å². The Hall–Kier alpha value is -1.60. The first-order valence-corrected chi connectivity index (χ1v) is 10.9. The topological polar surface area (TPSA) is 102 Å². The molecule has 29 heavy (non-hydrogen) atoms. The number of nitrogens with zero attached hydrogens (tertiary/aromatic N) is 2. The van der Waals surface area contributed by atoms with E-state index in [0.717, 1.165) is 36.0 Å². The molecule has 1 aromatic heterocycles. The maximum absolute atomic E-state index is 12.8. The van der Waals surface area contributed by atoms with E-state index in [1.54, 1.807) is 0 Å². The lowest BCUT2D eigenvalue weighted by molar-refractivity contribution is -0.385. The van der Waals surface area contributed by atoms with Crippen molar-refractivity contribution in [2.75, 3.05) is 12.3 Å². The highest BCUT2D eigenvalue weighted by atomic mass is 35.5. The molecule has 0 aliphatic carbocycles. The van der Waals surface area contributed by atoms with Crippen LogP contribution in [-0.4, -0.2) is 30.6 Å². The summed E-state index contributed by atoms with van der Waals surface area (Å²) in [6.07, 6.45) is -4.32. The third-order valence-electron chi connectivity index (χ3n) is 3.38. The molecular weight excluding hydrogens is 478 g/mol. The van der Waals surface area contributed by atoms with E-state index in [2.05, 4.69) is 9.71 Å². The van der Waals surface area contributed by atoms with Gasteiger partial charge in [-0.05, 0) is 24.6 Å². The van der Waals surface area contributed by atoms with Crippen molar-refractivity contribution < 1.29 is 26.5 Å². The van der Waals surface area contributed by atoms with Crippen molar-refractivity contribution in [3.05, 3.63) is 56.2 Å². The summed E-state index contributed by atoms with van der Waals surface area (Å²) in [4.78, 5) is 13.4. The molecule has 1 N–H and O–H groups in total. The molecule has 14 heteroatoms. The molecule has 0 saturated heterocycles. The van der Waals surface area contributed by atoms with E-state index in [1.807, 2.05) is 0 Å². The third-order valence-corrected chi connectivity index (χ3v) is 6.51. The Labute approximate surface area is 177 Å². The van der Waals surface area contributed by atoms with Gasteiger partial charge in [0.15, 0.2) is 0 Å². The van der Waals surface area contributed by atoms with Crippen LogP contribution in [0.3, 0.4) is 0 Å². The van der Waals surface area contributed by atoms with Crippen molar-refractivity contribution in [2.45, 2.75) is 22.5 Å². The number of hydrogen-bond acceptors (Lipinski definition) is 6. The number of pyridine rings is 1. The van der Waals surface area contributed by atoms with Gasteiger partial charge in [0.1, 0.15) is 10.0 Å². The van der Waals surface area contributed by atoms with E-state index in [4.69, 9.17) is 23.2 Å². The quantitative estimate of drug-likeness (QED) is 0.188. The number of non-ortho nitro benzene ring substituents is 1. The Bertz CT molecular complexity index is 1020. The molecule has 2 rings (SSSR count). The standard InChI is InChI=1S/C15H12Cl2F3N3O4S2/c16-11-3-2-10(23(24)25)8-12(11)29(26,27)21-4-1-5-28-14-7-9(15(18,19)20)6-13(17)22-14/h2-3,6-8,21H,1,4-5H2. The molecule has 0 radical (unpaired) electrons. The highest BCUT2D eigenvalue weighted by Crippen LogP contribution is 2.33. The zero-order valence-corrected chi connectivity index (χ0v) is 17.4. The third kappa shape index (κ3) is 6.71. The van der Waals surface area contributed by atoms with E-state index in [9.17, 15) is 31.7 Å². The Morgan fingerprint density at radius 2 is 1.90 bits per heavy atom. The number of halogens is 5. The fourth-order valence-electron chi connectivity index (χ4n) is 2.06. The molecule has 1 aromatic carbocycles. The van der Waals surface area contributed by atoms with Crippen LogP contribution in [0.2, 0.25) is 10.2 Å². The number of aromatic nitrogens is 1. The first-order chi connectivity index (χ1) is 13.4. The summed E-state index contributed by atoms with van der Waals surface area (Å²) in [5.41, 5.74) is -1.36. The molecule has 0 saturated carbocycles. The molecule has 158 valence electrons. The van der Waals surface area contributed by atoms with Crippen LogP contribution in [0.4, 0.5) is 18.9 Å². The van der Waals surface area contributed by atoms with Crippen LogP contribution >= 0.6 is 35.0 Å². The summed E-state index contributed by atoms with van der Waals surface area (Å²) in [7, 11) is -4.11. The van der Waals surface area contributed by atoms with Gasteiger partial charge in [0.25, 0.3) is 5.69 Å². The van der Waals surface area contributed by atoms with Crippen LogP contribution in [-0.2, 0) is 16.2 Å². The molecule has 0 aliphatic rings. The van der Waals surface area contributed by atoms with E-state index < -0.39 is 37.3 Å². The van der Waals surface area contributed by atoms with E-state index in [1.165, 1.54) is 0 Å². The van der Waals surface area contributed by atoms with Crippen LogP contribution < -0.4 is 4.72 Å². The lowest BCUT2D eigenvalue weighted by Crippen LogP contribution is -2.25. The maximum Gasteiger partial charge on any atom is 0.416 e. The van der Waals surface area contributed by atoms with Crippen molar-refractivity contribution in [1.29, 1.82) is 0 Å². The minimum atomic E-state index is -4.56. The fraction of sp³-hybridized carbons (Fsp3) is 0.267. The molecule has 0 bridgehead atoms. The number of sulfonamides is 1. The molecule has 1 heterocycles. The van der Waals surface area contributed by atoms with E-state index in [-0.39, 0.29) is 33.9 Å². The van der Waals surface area contributed by atoms with Crippen LogP contribution in [0.25, 0.3) is 0 Å². The molecule has 7 nitrogen and oxygen atoms in total. The lowest BCUT2D eigenvalue weighted by Gasteiger charge is -2.10. The maximum atomic E-state index is 12.8. The Morgan fingerprint density at radius 3 is 2.52 bits per heavy atom. The second-order valence-electron chi connectivity index (χ2n) is 5.49. The summed E-state index contributed by atoms with van der Waals surface area (Å²) in [6.45, 7) is -0.0684. The fourth-order valence-corrected chi connectivity index (χ4v) is 4.78. The summed E-state index contributed by atoms with van der Waals surface area (Å²) in [5.74, 6) is 0.246. The van der Waals surface area contributed by atoms with E-state index in [0.29, 0.717) is 6.07 Å². The van der Waals surface area contributed by atoms with Crippen molar-refractivity contribution in [3.63, 3.8) is 0 Å². The summed E-state index contributed by atoms with van der Waals surface area (Å²) < 4.78 is 65.1. The molecule has 0 fully saturated rings. The summed E-state index contributed by atoms with van der Waals surface area (Å²) >= 11 is 12.4. The number of hydrogen-bond donors (Lipinski definition) is 1. The first-order valence-electron chi connectivity index (χ1n) is 7.71. The van der Waals surface area contributed by atoms with Crippen LogP contribution in [0, 0.1) is 10.1 Å². The van der Waals surface area contributed by atoms with Gasteiger partial charge in [0.05, 0.1) is 20.5 Å². The molecular formula is C15H12Cl2F3N3O4S2. The highest BCUT2D eigenvalue weighted by molar-refractivity contribution is 7.99. The number of nitrogens with one attached hydrogen (secondary N) is 1. The minimum absolute atomic E-state index is 0.0504. The molecule has 0 amide bonds. The monoisotopic (exact) mass is 489 g/mol. The second kappa shape index (κ2) is 9.47. The Balaban J connectivity index is 1.95. The highest BCUT2D eigenvalue weighted by Gasteiger charge is 2.31. The van der Waals surface area contributed by atoms with Crippen LogP contribution in [0.1, 0.15) is 12.0 Å². The van der Waals surface area contributed by atoms with Crippen LogP contribution in [0.5, 0.6) is 0 Å². The molecule has 0 aliphatic heterocycles. The van der Waals surface area contributed by atoms with Gasteiger partial charge in [-0.2, -0.15) is 13.2 Å². The largest absolute Gasteiger partial charge is 0.416 e. The minimum Gasteiger partial charge on any atom is -0.258 e. The van der Waals surface area contributed by atoms with Gasteiger partial charge in [-0.3, -0.25) is 10.1 Å². The number of nitro groups is 1. The van der Waals surface area contributed by atoms with Crippen molar-refractivity contribution >= 4 is 50.7 Å². The summed E-state index contributed by atoms with van der Waals surface area (Å²) in [5, 5.41) is 10.4. The first kappa shape index (κ1) is 23.7. The number of alkyl halides is 3. The second-order valence-corrected chi connectivity index (χ2v) is 9.13. The number of thioether (sulfide) groups is 1. The number of nitro benzene ring substituents is 1. The van der Waals surface area contributed by atoms with Gasteiger partial charge in [-0.25, -0.2) is 18.1 Å². The Kier molecular flexibility index (Phi) is 7.74. The van der Waals surface area contributed by atoms with Crippen molar-refractivity contribution in [2.24, 2.45) is 0 Å². The van der Waals surface area contributed by atoms with E-state index >= 15 is 0 Å². The molecule has 0 atom stereocenters. The smallest absolute Gasteiger partial charge is 0.258 e.